The number of hydrogen-bond acceptors (Lipinski definition) is 8. The second-order valence-corrected chi connectivity index (χ2v) is 7.97. The molecule has 0 bridgehead atoms. The largest absolute Gasteiger partial charge is 0.376 e. The van der Waals surface area contributed by atoms with Crippen LogP contribution in [-0.4, -0.2) is 37.2 Å². The highest BCUT2D eigenvalue weighted by Gasteiger charge is 2.20. The summed E-state index contributed by atoms with van der Waals surface area (Å²) in [6.45, 7) is 5.81. The second kappa shape index (κ2) is 8.79. The van der Waals surface area contributed by atoms with Gasteiger partial charge in [0, 0.05) is 18.0 Å². The van der Waals surface area contributed by atoms with Crippen LogP contribution in [0.1, 0.15) is 30.1 Å². The number of rotatable bonds is 7. The fourth-order valence-corrected chi connectivity index (χ4v) is 4.23. The lowest BCUT2D eigenvalue weighted by molar-refractivity contribution is 0.0945. The van der Waals surface area contributed by atoms with E-state index in [1.165, 1.54) is 5.69 Å². The molecule has 1 saturated heterocycles. The molecule has 9 heteroatoms. The van der Waals surface area contributed by atoms with Crippen molar-refractivity contribution in [2.75, 3.05) is 17.7 Å². The highest BCUT2D eigenvalue weighted by atomic mass is 32.2. The van der Waals surface area contributed by atoms with Gasteiger partial charge in [0.2, 0.25) is 11.9 Å². The summed E-state index contributed by atoms with van der Waals surface area (Å²) < 4.78 is 8.05. The molecular weight excluding hydrogens is 386 g/mol. The molecule has 8 nitrogen and oxygen atoms in total. The first-order chi connectivity index (χ1) is 14.1. The predicted octanol–water partition coefficient (Wildman–Crippen LogP) is 3.48. The quantitative estimate of drug-likeness (QED) is 0.570. The summed E-state index contributed by atoms with van der Waals surface area (Å²) in [6.07, 6.45) is 2.48. The summed E-state index contributed by atoms with van der Waals surface area (Å²) in [7, 11) is 0. The third-order valence-corrected chi connectivity index (χ3v) is 5.86. The van der Waals surface area contributed by atoms with Crippen molar-refractivity contribution in [1.29, 1.82) is 0 Å². The van der Waals surface area contributed by atoms with Gasteiger partial charge in [0.05, 0.1) is 24.1 Å². The van der Waals surface area contributed by atoms with Crippen molar-refractivity contribution in [3.63, 3.8) is 0 Å². The molecule has 0 radical (unpaired) electrons. The molecule has 0 spiro atoms. The van der Waals surface area contributed by atoms with Gasteiger partial charge in [-0.1, -0.05) is 30.0 Å². The van der Waals surface area contributed by atoms with Crippen LogP contribution in [0.3, 0.4) is 0 Å². The van der Waals surface area contributed by atoms with Crippen LogP contribution in [0, 0.1) is 13.8 Å². The van der Waals surface area contributed by atoms with Crippen LogP contribution in [0.4, 0.5) is 17.6 Å². The Bertz CT molecular complexity index is 970. The lowest BCUT2D eigenvalue weighted by atomic mass is 10.2. The molecule has 0 aliphatic carbocycles. The first-order valence-electron chi connectivity index (χ1n) is 9.69. The third-order valence-electron chi connectivity index (χ3n) is 4.89. The van der Waals surface area contributed by atoms with E-state index >= 15 is 0 Å². The zero-order valence-corrected chi connectivity index (χ0v) is 17.4. The van der Waals surface area contributed by atoms with Crippen molar-refractivity contribution in [1.82, 2.24) is 24.5 Å². The monoisotopic (exact) mass is 411 g/mol. The molecule has 152 valence electrons. The number of nitrogens with two attached hydrogens (primary N) is 1. The summed E-state index contributed by atoms with van der Waals surface area (Å²) >= 11 is 1.60. The van der Waals surface area contributed by atoms with Gasteiger partial charge in [-0.05, 0) is 38.8 Å². The van der Waals surface area contributed by atoms with Gasteiger partial charge in [0.1, 0.15) is 5.82 Å². The predicted molar refractivity (Wildman–Crippen MR) is 114 cm³/mol. The fourth-order valence-electron chi connectivity index (χ4n) is 3.28. The Morgan fingerprint density at radius 1 is 1.17 bits per heavy atom. The van der Waals surface area contributed by atoms with Crippen LogP contribution in [0.25, 0.3) is 0 Å². The van der Waals surface area contributed by atoms with Gasteiger partial charge in [0.15, 0.2) is 5.16 Å². The number of nitrogens with one attached hydrogen (secondary N) is 1. The number of ether oxygens (including phenoxy) is 1. The number of para-hydroxylation sites is 1. The average Bonchev–Trinajstić information content (AvgIpc) is 3.31. The molecular formula is C20H25N7OS. The van der Waals surface area contributed by atoms with Crippen molar-refractivity contribution in [2.45, 2.75) is 50.2 Å². The number of benzene rings is 1. The maximum atomic E-state index is 5.90. The molecule has 3 heterocycles. The van der Waals surface area contributed by atoms with Crippen LogP contribution >= 0.6 is 11.8 Å². The van der Waals surface area contributed by atoms with Gasteiger partial charge in [-0.2, -0.15) is 15.0 Å². The minimum Gasteiger partial charge on any atom is -0.376 e. The maximum absolute atomic E-state index is 5.90. The average molecular weight is 412 g/mol. The fraction of sp³-hybridized carbons (Fsp3) is 0.400. The molecule has 4 rings (SSSR count). The van der Waals surface area contributed by atoms with Gasteiger partial charge >= 0.3 is 0 Å². The Labute approximate surface area is 174 Å². The molecule has 2 aromatic heterocycles. The molecule has 1 aliphatic rings. The van der Waals surface area contributed by atoms with E-state index < -0.39 is 0 Å². The van der Waals surface area contributed by atoms with E-state index in [-0.39, 0.29) is 12.1 Å². The number of imidazole rings is 1. The van der Waals surface area contributed by atoms with Crippen LogP contribution in [0.15, 0.2) is 35.5 Å². The Morgan fingerprint density at radius 3 is 2.76 bits per heavy atom. The van der Waals surface area contributed by atoms with Crippen molar-refractivity contribution in [3.05, 3.63) is 47.5 Å². The van der Waals surface area contributed by atoms with Crippen LogP contribution < -0.4 is 11.1 Å². The van der Waals surface area contributed by atoms with Crippen molar-refractivity contribution < 1.29 is 4.74 Å². The van der Waals surface area contributed by atoms with E-state index in [4.69, 9.17) is 15.5 Å². The Balaban J connectivity index is 1.48. The molecule has 1 aliphatic heterocycles. The number of nitrogens with zero attached hydrogens (tertiary/aromatic N) is 5. The van der Waals surface area contributed by atoms with E-state index in [2.05, 4.69) is 31.8 Å². The number of anilines is 3. The Morgan fingerprint density at radius 2 is 2.00 bits per heavy atom. The maximum Gasteiger partial charge on any atom is 0.232 e. The minimum atomic E-state index is 0.198. The molecule has 29 heavy (non-hydrogen) atoms. The molecule has 0 amide bonds. The van der Waals surface area contributed by atoms with Gasteiger partial charge < -0.3 is 20.4 Å². The summed E-state index contributed by atoms with van der Waals surface area (Å²) in [6, 6.07) is 9.74. The standard InChI is InChI=1S/C20H25N7OS/c1-13-14(2)27(11-16-9-6-10-28-16)20(22-13)29-12-17-24-18(21)26-19(25-17)23-15-7-4-3-5-8-15/h3-5,7-8,16H,6,9-12H2,1-2H3,(H3,21,23,24,25,26)/t16-/m0/s1. The number of hydrogen-bond donors (Lipinski definition) is 2. The summed E-state index contributed by atoms with van der Waals surface area (Å²) in [5, 5.41) is 4.12. The van der Waals surface area contributed by atoms with Crippen LogP contribution in [0.2, 0.25) is 0 Å². The third kappa shape index (κ3) is 4.86. The Kier molecular flexibility index (Phi) is 5.96. The summed E-state index contributed by atoms with van der Waals surface area (Å²) in [4.78, 5) is 17.7. The van der Waals surface area contributed by atoms with Crippen LogP contribution in [0.5, 0.6) is 0 Å². The molecule has 0 unspecified atom stereocenters. The van der Waals surface area contributed by atoms with Gasteiger partial charge in [-0.3, -0.25) is 0 Å². The van der Waals surface area contributed by atoms with Gasteiger partial charge in [-0.25, -0.2) is 4.98 Å². The van der Waals surface area contributed by atoms with E-state index in [1.807, 2.05) is 37.3 Å². The Hall–Kier alpha value is -2.65. The van der Waals surface area contributed by atoms with Crippen molar-refractivity contribution in [3.8, 4) is 0 Å². The van der Waals surface area contributed by atoms with E-state index in [0.29, 0.717) is 17.5 Å². The highest BCUT2D eigenvalue weighted by molar-refractivity contribution is 7.98. The molecule has 0 saturated carbocycles. The number of thioether (sulfide) groups is 1. The van der Waals surface area contributed by atoms with Gasteiger partial charge in [0.25, 0.3) is 0 Å². The normalized spacial score (nSPS) is 16.3. The molecule has 1 aromatic carbocycles. The molecule has 1 fully saturated rings. The lowest BCUT2D eigenvalue weighted by Gasteiger charge is -2.14. The zero-order valence-electron chi connectivity index (χ0n) is 16.6. The summed E-state index contributed by atoms with van der Waals surface area (Å²) in [5.74, 6) is 1.80. The van der Waals surface area contributed by atoms with Crippen LogP contribution in [-0.2, 0) is 17.0 Å². The first kappa shape index (κ1) is 19.7. The number of aromatic nitrogens is 5. The molecule has 3 N–H and O–H groups in total. The van der Waals surface area contributed by atoms with Crippen molar-refractivity contribution >= 4 is 29.3 Å². The molecule has 1 atom stereocenters. The van der Waals surface area contributed by atoms with E-state index in [1.54, 1.807) is 11.8 Å². The SMILES string of the molecule is Cc1nc(SCc2nc(N)nc(Nc3ccccc3)n2)n(C[C@@H]2CCCO2)c1C. The smallest absolute Gasteiger partial charge is 0.232 e. The first-order valence-corrected chi connectivity index (χ1v) is 10.7. The van der Waals surface area contributed by atoms with E-state index in [9.17, 15) is 0 Å². The topological polar surface area (TPSA) is 104 Å². The highest BCUT2D eigenvalue weighted by Crippen LogP contribution is 2.26. The number of aryl methyl sites for hydroxylation is 1. The minimum absolute atomic E-state index is 0.198. The summed E-state index contributed by atoms with van der Waals surface area (Å²) in [5.41, 5.74) is 9.00. The van der Waals surface area contributed by atoms with E-state index in [0.717, 1.165) is 42.5 Å². The zero-order chi connectivity index (χ0) is 20.2. The van der Waals surface area contributed by atoms with Gasteiger partial charge in [-0.15, -0.1) is 0 Å². The second-order valence-electron chi connectivity index (χ2n) is 7.02. The lowest BCUT2D eigenvalue weighted by Crippen LogP contribution is -2.16. The molecule has 3 aromatic rings. The van der Waals surface area contributed by atoms with Crippen molar-refractivity contribution in [2.24, 2.45) is 0 Å². The number of nitrogen functional groups attached to an aromatic ring is 1.